The lowest BCUT2D eigenvalue weighted by molar-refractivity contribution is -0.133. The van der Waals surface area contributed by atoms with Gasteiger partial charge in [-0.1, -0.05) is 11.2 Å². The lowest BCUT2D eigenvalue weighted by atomic mass is 9.61. The van der Waals surface area contributed by atoms with Gasteiger partial charge < -0.3 is 25.2 Å². The normalized spacial score (nSPS) is 26.8. The summed E-state index contributed by atoms with van der Waals surface area (Å²) in [7, 11) is 2.12. The average Bonchev–Trinajstić information content (AvgIpc) is 3.68. The minimum Gasteiger partial charge on any atom is -0.473 e. The third-order valence-electron chi connectivity index (χ3n) is 11.4. The Hall–Kier alpha value is -3.82. The minimum atomic E-state index is -2.65. The van der Waals surface area contributed by atoms with Crippen molar-refractivity contribution in [1.82, 2.24) is 25.3 Å². The summed E-state index contributed by atoms with van der Waals surface area (Å²) in [4.78, 5) is 14.3. The van der Waals surface area contributed by atoms with Crippen molar-refractivity contribution in [3.8, 4) is 23.5 Å². The van der Waals surface area contributed by atoms with Crippen molar-refractivity contribution in [3.63, 3.8) is 0 Å². The van der Waals surface area contributed by atoms with E-state index in [9.17, 15) is 14.0 Å². The van der Waals surface area contributed by atoms with Crippen LogP contribution in [-0.4, -0.2) is 76.9 Å². The molecule has 4 heterocycles. The number of nitrogens with two attached hydrogens (primary N) is 1. The van der Waals surface area contributed by atoms with Crippen molar-refractivity contribution in [2.75, 3.05) is 43.9 Å². The van der Waals surface area contributed by atoms with Crippen molar-refractivity contribution in [2.24, 2.45) is 0 Å². The van der Waals surface area contributed by atoms with E-state index in [1.807, 2.05) is 12.1 Å². The Kier molecular flexibility index (Phi) is 7.22. The summed E-state index contributed by atoms with van der Waals surface area (Å²) in [5.41, 5.74) is 9.88. The van der Waals surface area contributed by atoms with Crippen molar-refractivity contribution >= 4 is 11.5 Å². The second-order valence-electron chi connectivity index (χ2n) is 14.5. The number of aryl methyl sites for hydroxylation is 1. The average molecular weight is 645 g/mol. The van der Waals surface area contributed by atoms with Crippen LogP contribution in [0.4, 0.5) is 20.3 Å². The predicted molar refractivity (Wildman–Crippen MR) is 173 cm³/mol. The van der Waals surface area contributed by atoms with E-state index in [0.717, 1.165) is 80.4 Å². The molecule has 47 heavy (non-hydrogen) atoms. The van der Waals surface area contributed by atoms with Gasteiger partial charge in [-0.25, -0.2) is 13.8 Å². The maximum atomic E-state index is 14.1. The fraction of sp³-hybridized carbons (Fsp3) is 0.600. The van der Waals surface area contributed by atoms with Gasteiger partial charge in [0, 0.05) is 61.4 Å². The highest BCUT2D eigenvalue weighted by Gasteiger charge is 2.58. The molecule has 3 atom stereocenters. The van der Waals surface area contributed by atoms with Crippen molar-refractivity contribution in [2.45, 2.75) is 100 Å². The van der Waals surface area contributed by atoms with Crippen molar-refractivity contribution in [3.05, 3.63) is 46.2 Å². The summed E-state index contributed by atoms with van der Waals surface area (Å²) in [5.74, 6) is -0.390. The molecule has 1 saturated carbocycles. The zero-order valence-electron chi connectivity index (χ0n) is 27.1. The smallest absolute Gasteiger partial charge is 0.251 e. The van der Waals surface area contributed by atoms with E-state index in [0.29, 0.717) is 54.1 Å². The van der Waals surface area contributed by atoms with E-state index in [1.165, 1.54) is 0 Å². The van der Waals surface area contributed by atoms with Gasteiger partial charge in [0.25, 0.3) is 5.92 Å². The van der Waals surface area contributed by atoms with E-state index in [-0.39, 0.29) is 25.0 Å². The number of halogens is 2. The first-order valence-electron chi connectivity index (χ1n) is 17.1. The molecule has 2 aromatic heterocycles. The molecule has 2 spiro atoms. The Balaban J connectivity index is 1.20. The molecule has 3 unspecified atom stereocenters. The van der Waals surface area contributed by atoms with Gasteiger partial charge in [-0.15, -0.1) is 0 Å². The van der Waals surface area contributed by atoms with Crippen LogP contribution < -0.4 is 20.7 Å². The van der Waals surface area contributed by atoms with Crippen molar-refractivity contribution < 1.29 is 18.0 Å². The number of aromatic nitrogens is 3. The molecule has 3 aliphatic carbocycles. The molecule has 3 N–H and O–H groups in total. The van der Waals surface area contributed by atoms with Crippen LogP contribution in [-0.2, 0) is 18.3 Å². The molecule has 12 heteroatoms. The van der Waals surface area contributed by atoms with Gasteiger partial charge in [0.05, 0.1) is 11.0 Å². The second-order valence-corrected chi connectivity index (χ2v) is 14.5. The Morgan fingerprint density at radius 3 is 2.70 bits per heavy atom. The van der Waals surface area contributed by atoms with Crippen LogP contribution in [0.5, 0.6) is 5.88 Å². The fourth-order valence-electron chi connectivity index (χ4n) is 9.36. The summed E-state index contributed by atoms with van der Waals surface area (Å²) in [6.07, 6.45) is 6.88. The third-order valence-corrected chi connectivity index (χ3v) is 11.4. The number of likely N-dealkylation sites (N-methyl/N-ethyl adjacent to an activating group) is 1. The van der Waals surface area contributed by atoms with Gasteiger partial charge >= 0.3 is 0 Å². The number of piperazine rings is 1. The first-order chi connectivity index (χ1) is 22.6. The number of ether oxygens (including phenoxy) is 1. The largest absolute Gasteiger partial charge is 0.473 e. The zero-order chi connectivity index (χ0) is 32.6. The van der Waals surface area contributed by atoms with E-state index in [1.54, 1.807) is 0 Å². The standard InChI is InChI=1S/C35H42F2N8O2/c1-21(26-8-5-14-44(26)2)46-28-16-27(45-15-13-40-33(20-45)18-35(36,37)19-33)41-32(42-28)30-23-7-4-12-34(31(23)47-43-30)11-3-6-22-9-10-25(39)24(17-38)29(22)34/h9-10,16,21,26,40H,3-8,11-15,18-20,39H2,1-2H3. The molecular weight excluding hydrogens is 602 g/mol. The van der Waals surface area contributed by atoms with Gasteiger partial charge in [-0.05, 0) is 89.1 Å². The Morgan fingerprint density at radius 1 is 1.15 bits per heavy atom. The van der Waals surface area contributed by atoms with E-state index in [4.69, 9.17) is 25.0 Å². The maximum Gasteiger partial charge on any atom is 0.251 e. The molecule has 1 aromatic carbocycles. The van der Waals surface area contributed by atoms with Gasteiger partial charge in [0.15, 0.2) is 17.3 Å². The van der Waals surface area contributed by atoms with E-state index >= 15 is 0 Å². The Bertz CT molecular complexity index is 1740. The van der Waals surface area contributed by atoms with Gasteiger partial charge in [-0.2, -0.15) is 10.2 Å². The van der Waals surface area contributed by atoms with Gasteiger partial charge in [0.1, 0.15) is 18.0 Å². The predicted octanol–water partition coefficient (Wildman–Crippen LogP) is 4.98. The molecule has 2 aliphatic heterocycles. The van der Waals surface area contributed by atoms with Crippen LogP contribution in [0.2, 0.25) is 0 Å². The summed E-state index contributed by atoms with van der Waals surface area (Å²) >= 11 is 0. The molecule has 0 amide bonds. The molecule has 2 saturated heterocycles. The minimum absolute atomic E-state index is 0.110. The zero-order valence-corrected chi connectivity index (χ0v) is 27.1. The lowest BCUT2D eigenvalue weighted by Gasteiger charge is -2.53. The highest BCUT2D eigenvalue weighted by atomic mass is 19.3. The second kappa shape index (κ2) is 11.1. The van der Waals surface area contributed by atoms with Crippen molar-refractivity contribution in [1.29, 1.82) is 5.26 Å². The first kappa shape index (κ1) is 30.5. The van der Waals surface area contributed by atoms with Gasteiger partial charge in [0.2, 0.25) is 5.88 Å². The summed E-state index contributed by atoms with van der Waals surface area (Å²) in [6.45, 7) is 4.74. The fourth-order valence-corrected chi connectivity index (χ4v) is 9.36. The number of anilines is 2. The number of fused-ring (bicyclic) bond motifs is 4. The molecule has 0 bridgehead atoms. The first-order valence-corrected chi connectivity index (χ1v) is 17.1. The van der Waals surface area contributed by atoms with Crippen LogP contribution in [0.1, 0.15) is 86.3 Å². The number of benzene rings is 1. The number of likely N-dealkylation sites (tertiary alicyclic amines) is 1. The number of nitrogen functional groups attached to an aromatic ring is 1. The summed E-state index contributed by atoms with van der Waals surface area (Å²) < 4.78 is 40.9. The molecule has 0 radical (unpaired) electrons. The summed E-state index contributed by atoms with van der Waals surface area (Å²) in [5, 5.41) is 18.2. The highest BCUT2D eigenvalue weighted by molar-refractivity contribution is 5.67. The molecular formula is C35H42F2N8O2. The van der Waals surface area contributed by atoms with Crippen LogP contribution in [0.15, 0.2) is 22.7 Å². The van der Waals surface area contributed by atoms with E-state index in [2.05, 4.69) is 46.4 Å². The maximum absolute atomic E-state index is 14.1. The number of alkyl halides is 2. The SMILES string of the molecule is CC(Oc1cc(N2CCNC3(C2)CC(F)(F)C3)nc(-c2noc3c2CCCC32CCCc3ccc(N)c(C#N)c32)n1)C1CCCN1C. The number of rotatable bonds is 5. The molecule has 10 nitrogen and oxygen atoms in total. The molecule has 3 fully saturated rings. The molecule has 5 aliphatic rings. The number of hydrogen-bond acceptors (Lipinski definition) is 10. The lowest BCUT2D eigenvalue weighted by Crippen LogP contribution is -2.70. The van der Waals surface area contributed by atoms with Crippen LogP contribution in [0.25, 0.3) is 11.5 Å². The summed E-state index contributed by atoms with van der Waals surface area (Å²) in [6, 6.07) is 8.39. The number of hydrogen-bond donors (Lipinski definition) is 2. The topological polar surface area (TPSA) is 129 Å². The monoisotopic (exact) mass is 644 g/mol. The van der Waals surface area contributed by atoms with Crippen LogP contribution >= 0.6 is 0 Å². The number of nitrogens with one attached hydrogen (secondary N) is 1. The van der Waals surface area contributed by atoms with Crippen LogP contribution in [0, 0.1) is 11.3 Å². The molecule has 8 rings (SSSR count). The Labute approximate surface area is 273 Å². The molecule has 248 valence electrons. The molecule has 3 aromatic rings. The number of nitriles is 1. The van der Waals surface area contributed by atoms with Gasteiger partial charge in [-0.3, -0.25) is 4.90 Å². The Morgan fingerprint density at radius 2 is 1.96 bits per heavy atom. The third kappa shape index (κ3) is 5.05. The quantitative estimate of drug-likeness (QED) is 0.367. The van der Waals surface area contributed by atoms with E-state index < -0.39 is 16.9 Å². The van der Waals surface area contributed by atoms with Crippen LogP contribution in [0.3, 0.4) is 0 Å². The number of nitrogens with zero attached hydrogens (tertiary/aromatic N) is 6. The highest BCUT2D eigenvalue weighted by Crippen LogP contribution is 2.53.